The molecular weight excluding hydrogens is 195 g/mol. The Hall–Kier alpha value is -1.09. The van der Waals surface area contributed by atoms with Gasteiger partial charge in [0.15, 0.2) is 0 Å². The average Bonchev–Trinajstić information content (AvgIpc) is 2.18. The smallest absolute Gasteiger partial charge is 0.249 e. The van der Waals surface area contributed by atoms with Crippen LogP contribution in [0.2, 0.25) is 0 Å². The highest BCUT2D eigenvalue weighted by Crippen LogP contribution is 2.11. The Kier molecular flexibility index (Phi) is 3.71. The molecule has 0 saturated heterocycles. The van der Waals surface area contributed by atoms with E-state index in [2.05, 4.69) is 4.94 Å². The van der Waals surface area contributed by atoms with Gasteiger partial charge in [0.1, 0.15) is 0 Å². The number of carbonyl (C=O) groups is 1. The number of alkyl halides is 1. The summed E-state index contributed by atoms with van der Waals surface area (Å²) in [5, 5.41) is 0. The van der Waals surface area contributed by atoms with Gasteiger partial charge in [0.25, 0.3) is 0 Å². The number of benzene rings is 1. The first-order valence-electron chi connectivity index (χ1n) is 3.76. The van der Waals surface area contributed by atoms with E-state index in [1.807, 2.05) is 0 Å². The lowest BCUT2D eigenvalue weighted by atomic mass is 10.1. The lowest BCUT2D eigenvalue weighted by molar-refractivity contribution is -0.0788. The topological polar surface area (TPSA) is 26.3 Å². The first-order valence-corrected chi connectivity index (χ1v) is 4.30. The third kappa shape index (κ3) is 2.42. The molecule has 1 aromatic rings. The minimum atomic E-state index is -0.972. The molecule has 0 atom stereocenters. The predicted octanol–water partition coefficient (Wildman–Crippen LogP) is 2.51. The molecule has 0 saturated carbocycles. The van der Waals surface area contributed by atoms with Crippen molar-refractivity contribution < 1.29 is 14.3 Å². The predicted molar refractivity (Wildman–Crippen MR) is 47.4 cm³/mol. The molecule has 0 aliphatic carbocycles. The fraction of sp³-hybridized carbons (Fsp3) is 0.222. The molecule has 0 aliphatic rings. The summed E-state index contributed by atoms with van der Waals surface area (Å²) in [6.07, 6.45) is 0.521. The highest BCUT2D eigenvalue weighted by molar-refractivity contribution is 6.18. The van der Waals surface area contributed by atoms with E-state index in [4.69, 9.17) is 11.6 Å². The van der Waals surface area contributed by atoms with Crippen LogP contribution in [0.25, 0.3) is 0 Å². The Balaban J connectivity index is 2.97. The van der Waals surface area contributed by atoms with Gasteiger partial charge >= 0.3 is 5.97 Å². The molecule has 1 aromatic carbocycles. The number of aryl methyl sites for hydroxylation is 1. The van der Waals surface area contributed by atoms with E-state index >= 15 is 0 Å². The van der Waals surface area contributed by atoms with Gasteiger partial charge in [-0.05, 0) is 18.1 Å². The van der Waals surface area contributed by atoms with Crippen molar-refractivity contribution in [3.63, 3.8) is 0 Å². The number of halogens is 2. The minimum absolute atomic E-state index is 0.227. The zero-order chi connectivity index (χ0) is 9.68. The first kappa shape index (κ1) is 9.99. The molecular formula is C9H8ClFO2. The second kappa shape index (κ2) is 4.82. The fourth-order valence-electron chi connectivity index (χ4n) is 1.08. The van der Waals surface area contributed by atoms with Crippen molar-refractivity contribution in [2.75, 3.05) is 5.88 Å². The molecule has 0 amide bonds. The fourth-order valence-corrected chi connectivity index (χ4v) is 1.28. The van der Waals surface area contributed by atoms with Gasteiger partial charge in [-0.3, -0.25) is 0 Å². The summed E-state index contributed by atoms with van der Waals surface area (Å²) in [6, 6.07) is 6.62. The monoisotopic (exact) mass is 202 g/mol. The van der Waals surface area contributed by atoms with Crippen LogP contribution in [0.5, 0.6) is 0 Å². The Morgan fingerprint density at radius 2 is 2.15 bits per heavy atom. The van der Waals surface area contributed by atoms with Gasteiger partial charge in [0.05, 0.1) is 5.56 Å². The van der Waals surface area contributed by atoms with Crippen LogP contribution in [0.15, 0.2) is 24.3 Å². The molecule has 0 fully saturated rings. The number of hydrogen-bond donors (Lipinski definition) is 0. The highest BCUT2D eigenvalue weighted by atomic mass is 35.5. The Morgan fingerprint density at radius 3 is 2.77 bits per heavy atom. The Labute approximate surface area is 80.2 Å². The third-order valence-corrected chi connectivity index (χ3v) is 1.86. The van der Waals surface area contributed by atoms with E-state index < -0.39 is 5.97 Å². The van der Waals surface area contributed by atoms with Crippen molar-refractivity contribution in [2.24, 2.45) is 0 Å². The van der Waals surface area contributed by atoms with Crippen LogP contribution in [0, 0.1) is 0 Å². The van der Waals surface area contributed by atoms with Gasteiger partial charge in [0.2, 0.25) is 0 Å². The van der Waals surface area contributed by atoms with Gasteiger partial charge in [-0.25, -0.2) is 9.74 Å². The number of rotatable bonds is 3. The van der Waals surface area contributed by atoms with E-state index in [-0.39, 0.29) is 5.56 Å². The lowest BCUT2D eigenvalue weighted by Crippen LogP contribution is -2.04. The van der Waals surface area contributed by atoms with Crippen molar-refractivity contribution in [1.82, 2.24) is 0 Å². The molecule has 0 unspecified atom stereocenters. The maximum absolute atomic E-state index is 11.6. The van der Waals surface area contributed by atoms with E-state index in [9.17, 15) is 9.32 Å². The molecule has 0 bridgehead atoms. The minimum Gasteiger partial charge on any atom is -0.249 e. The SMILES string of the molecule is O=C(OF)c1ccccc1CCCl. The molecule has 13 heavy (non-hydrogen) atoms. The summed E-state index contributed by atoms with van der Waals surface area (Å²) in [4.78, 5) is 14.0. The molecule has 0 aliphatic heterocycles. The van der Waals surface area contributed by atoms with Crippen LogP contribution in [-0.2, 0) is 11.4 Å². The second-order valence-corrected chi connectivity index (χ2v) is 2.84. The van der Waals surface area contributed by atoms with Gasteiger partial charge in [0, 0.05) is 10.4 Å². The zero-order valence-corrected chi connectivity index (χ0v) is 7.55. The third-order valence-electron chi connectivity index (χ3n) is 1.67. The quantitative estimate of drug-likeness (QED) is 0.704. The van der Waals surface area contributed by atoms with E-state index in [0.717, 1.165) is 0 Å². The summed E-state index contributed by atoms with van der Waals surface area (Å²) in [7, 11) is 0. The van der Waals surface area contributed by atoms with Crippen LogP contribution < -0.4 is 0 Å². The van der Waals surface area contributed by atoms with E-state index in [0.29, 0.717) is 17.9 Å². The number of carbonyl (C=O) groups excluding carboxylic acids is 1. The molecule has 70 valence electrons. The van der Waals surface area contributed by atoms with Crippen molar-refractivity contribution in [1.29, 1.82) is 0 Å². The summed E-state index contributed by atoms with van der Waals surface area (Å²) in [5.41, 5.74) is 0.922. The lowest BCUT2D eigenvalue weighted by Gasteiger charge is -2.02. The summed E-state index contributed by atoms with van der Waals surface area (Å²) >= 11 is 5.51. The van der Waals surface area contributed by atoms with Crippen molar-refractivity contribution in [3.8, 4) is 0 Å². The van der Waals surface area contributed by atoms with Crippen molar-refractivity contribution in [3.05, 3.63) is 35.4 Å². The standard InChI is InChI=1S/C9H8ClFO2/c10-6-5-7-3-1-2-4-8(7)9(12)13-11/h1-4H,5-6H2. The van der Waals surface area contributed by atoms with Gasteiger partial charge < -0.3 is 0 Å². The normalized spacial score (nSPS) is 9.69. The average molecular weight is 203 g/mol. The van der Waals surface area contributed by atoms with Crippen molar-refractivity contribution >= 4 is 17.6 Å². The summed E-state index contributed by atoms with van der Waals surface area (Å²) < 4.78 is 11.6. The zero-order valence-electron chi connectivity index (χ0n) is 6.80. The molecule has 0 spiro atoms. The maximum atomic E-state index is 11.6. The van der Waals surface area contributed by atoms with Gasteiger partial charge in [-0.2, -0.15) is 0 Å². The first-order chi connectivity index (χ1) is 6.29. The number of hydrogen-bond acceptors (Lipinski definition) is 2. The van der Waals surface area contributed by atoms with Crippen molar-refractivity contribution in [2.45, 2.75) is 6.42 Å². The molecule has 2 nitrogen and oxygen atoms in total. The Bertz CT molecular complexity index is 301. The van der Waals surface area contributed by atoms with Gasteiger partial charge in [-0.1, -0.05) is 18.2 Å². The van der Waals surface area contributed by atoms with Crippen LogP contribution in [0.4, 0.5) is 4.53 Å². The van der Waals surface area contributed by atoms with Crippen LogP contribution in [0.1, 0.15) is 15.9 Å². The maximum Gasteiger partial charge on any atom is 0.379 e. The molecule has 4 heteroatoms. The molecule has 0 heterocycles. The molecule has 0 radical (unpaired) electrons. The second-order valence-electron chi connectivity index (χ2n) is 2.46. The van der Waals surface area contributed by atoms with Crippen LogP contribution in [-0.4, -0.2) is 11.8 Å². The molecule has 1 rings (SSSR count). The van der Waals surface area contributed by atoms with Gasteiger partial charge in [-0.15, -0.1) is 11.6 Å². The Morgan fingerprint density at radius 1 is 1.46 bits per heavy atom. The summed E-state index contributed by atoms with van der Waals surface area (Å²) in [6.45, 7) is 0. The van der Waals surface area contributed by atoms with Crippen LogP contribution >= 0.6 is 11.6 Å². The largest absolute Gasteiger partial charge is 0.379 e. The van der Waals surface area contributed by atoms with E-state index in [1.165, 1.54) is 6.07 Å². The molecule has 0 aromatic heterocycles. The molecule has 0 N–H and O–H groups in total. The van der Waals surface area contributed by atoms with E-state index in [1.54, 1.807) is 18.2 Å². The summed E-state index contributed by atoms with van der Waals surface area (Å²) in [5.74, 6) is -0.586. The highest BCUT2D eigenvalue weighted by Gasteiger charge is 2.11. The van der Waals surface area contributed by atoms with Crippen LogP contribution in [0.3, 0.4) is 0 Å².